The van der Waals surface area contributed by atoms with Crippen LogP contribution in [0.25, 0.3) is 0 Å². The van der Waals surface area contributed by atoms with Crippen LogP contribution in [-0.2, 0) is 0 Å². The number of aryl methyl sites for hydroxylation is 1. The van der Waals surface area contributed by atoms with Crippen molar-refractivity contribution in [3.05, 3.63) is 17.5 Å². The summed E-state index contributed by atoms with van der Waals surface area (Å²) in [5, 5.41) is 5.94. The van der Waals surface area contributed by atoms with Gasteiger partial charge in [-0.2, -0.15) is 0 Å². The van der Waals surface area contributed by atoms with Gasteiger partial charge in [0.05, 0.1) is 0 Å². The van der Waals surface area contributed by atoms with Gasteiger partial charge < -0.3 is 15.5 Å². The second-order valence-corrected chi connectivity index (χ2v) is 4.70. The standard InChI is InChI=1S/C13H23N5O/c1-5-6-14-12(19)11-9-10(2)16-13(17-11)15-7-8-18(3)4/h9H,5-8H2,1-4H3,(H,14,19)(H,15,16,17). The molecule has 19 heavy (non-hydrogen) atoms. The van der Waals surface area contributed by atoms with Crippen LogP contribution in [0.5, 0.6) is 0 Å². The second-order valence-electron chi connectivity index (χ2n) is 4.70. The zero-order valence-electron chi connectivity index (χ0n) is 12.2. The average Bonchev–Trinajstić information content (AvgIpc) is 2.34. The molecule has 6 heteroatoms. The fraction of sp³-hybridized carbons (Fsp3) is 0.615. The molecule has 0 fully saturated rings. The van der Waals surface area contributed by atoms with Crippen LogP contribution in [0.3, 0.4) is 0 Å². The first-order valence-electron chi connectivity index (χ1n) is 6.55. The van der Waals surface area contributed by atoms with Crippen molar-refractivity contribution in [1.82, 2.24) is 20.2 Å². The van der Waals surface area contributed by atoms with Crippen molar-refractivity contribution in [3.8, 4) is 0 Å². The number of anilines is 1. The van der Waals surface area contributed by atoms with Gasteiger partial charge in [-0.15, -0.1) is 0 Å². The van der Waals surface area contributed by atoms with Crippen molar-refractivity contribution in [1.29, 1.82) is 0 Å². The Morgan fingerprint density at radius 2 is 2.05 bits per heavy atom. The maximum atomic E-state index is 11.9. The van der Waals surface area contributed by atoms with Gasteiger partial charge in [-0.25, -0.2) is 9.97 Å². The van der Waals surface area contributed by atoms with Crippen LogP contribution in [0.2, 0.25) is 0 Å². The normalized spacial score (nSPS) is 10.6. The van der Waals surface area contributed by atoms with Crippen LogP contribution in [0.1, 0.15) is 29.5 Å². The molecule has 0 saturated heterocycles. The summed E-state index contributed by atoms with van der Waals surface area (Å²) in [6, 6.07) is 1.70. The van der Waals surface area contributed by atoms with E-state index in [1.54, 1.807) is 6.07 Å². The molecule has 2 N–H and O–H groups in total. The number of amides is 1. The first kappa shape index (κ1) is 15.4. The quantitative estimate of drug-likeness (QED) is 0.766. The third-order valence-corrected chi connectivity index (χ3v) is 2.46. The Morgan fingerprint density at radius 3 is 2.68 bits per heavy atom. The Hall–Kier alpha value is -1.69. The molecule has 0 bridgehead atoms. The van der Waals surface area contributed by atoms with Crippen LogP contribution >= 0.6 is 0 Å². The topological polar surface area (TPSA) is 70.2 Å². The number of carbonyl (C=O) groups is 1. The lowest BCUT2D eigenvalue weighted by Gasteiger charge is -2.11. The summed E-state index contributed by atoms with van der Waals surface area (Å²) in [7, 11) is 4.00. The highest BCUT2D eigenvalue weighted by Gasteiger charge is 2.09. The van der Waals surface area contributed by atoms with Gasteiger partial charge in [0, 0.05) is 25.3 Å². The molecule has 6 nitrogen and oxygen atoms in total. The van der Waals surface area contributed by atoms with E-state index in [4.69, 9.17) is 0 Å². The fourth-order valence-electron chi connectivity index (χ4n) is 1.48. The van der Waals surface area contributed by atoms with Crippen molar-refractivity contribution < 1.29 is 4.79 Å². The summed E-state index contributed by atoms with van der Waals surface area (Å²) in [6.45, 7) is 6.15. The molecule has 0 aliphatic carbocycles. The van der Waals surface area contributed by atoms with Crippen LogP contribution in [0, 0.1) is 6.92 Å². The minimum atomic E-state index is -0.150. The summed E-state index contributed by atoms with van der Waals surface area (Å²) in [5.41, 5.74) is 1.19. The minimum absolute atomic E-state index is 0.150. The molecule has 1 aromatic rings. The number of rotatable bonds is 7. The zero-order chi connectivity index (χ0) is 14.3. The first-order valence-corrected chi connectivity index (χ1v) is 6.55. The van der Waals surface area contributed by atoms with Crippen LogP contribution in [0.4, 0.5) is 5.95 Å². The van der Waals surface area contributed by atoms with Gasteiger partial charge in [-0.1, -0.05) is 6.92 Å². The molecule has 1 aromatic heterocycles. The summed E-state index contributed by atoms with van der Waals surface area (Å²) in [4.78, 5) is 22.4. The van der Waals surface area contributed by atoms with Gasteiger partial charge in [0.2, 0.25) is 5.95 Å². The van der Waals surface area contributed by atoms with Crippen molar-refractivity contribution in [3.63, 3.8) is 0 Å². The number of nitrogens with one attached hydrogen (secondary N) is 2. The molecule has 1 amide bonds. The van der Waals surface area contributed by atoms with E-state index in [0.29, 0.717) is 18.2 Å². The van der Waals surface area contributed by atoms with E-state index in [-0.39, 0.29) is 5.91 Å². The number of carbonyl (C=O) groups excluding carboxylic acids is 1. The molecule has 1 heterocycles. The Morgan fingerprint density at radius 1 is 1.32 bits per heavy atom. The third kappa shape index (κ3) is 5.65. The maximum Gasteiger partial charge on any atom is 0.270 e. The van der Waals surface area contributed by atoms with Gasteiger partial charge in [-0.05, 0) is 33.5 Å². The van der Waals surface area contributed by atoms with Crippen molar-refractivity contribution >= 4 is 11.9 Å². The van der Waals surface area contributed by atoms with Gasteiger partial charge in [0.1, 0.15) is 5.69 Å². The summed E-state index contributed by atoms with van der Waals surface area (Å²) >= 11 is 0. The molecule has 0 aliphatic heterocycles. The fourth-order valence-corrected chi connectivity index (χ4v) is 1.48. The third-order valence-electron chi connectivity index (χ3n) is 2.46. The summed E-state index contributed by atoms with van der Waals surface area (Å²) in [6.07, 6.45) is 0.906. The highest BCUT2D eigenvalue weighted by molar-refractivity contribution is 5.92. The second kappa shape index (κ2) is 7.68. The Bertz CT molecular complexity index is 419. The first-order chi connectivity index (χ1) is 9.02. The van der Waals surface area contributed by atoms with Crippen LogP contribution in [0.15, 0.2) is 6.07 Å². The van der Waals surface area contributed by atoms with Crippen molar-refractivity contribution in [2.75, 3.05) is 39.0 Å². The maximum absolute atomic E-state index is 11.9. The van der Waals surface area contributed by atoms with Crippen LogP contribution in [-0.4, -0.2) is 54.5 Å². The number of hydrogen-bond donors (Lipinski definition) is 2. The van der Waals surface area contributed by atoms with Crippen LogP contribution < -0.4 is 10.6 Å². The monoisotopic (exact) mass is 265 g/mol. The predicted octanol–water partition coefficient (Wildman–Crippen LogP) is 0.898. The van der Waals surface area contributed by atoms with Crippen molar-refractivity contribution in [2.24, 2.45) is 0 Å². The lowest BCUT2D eigenvalue weighted by molar-refractivity contribution is 0.0948. The molecular weight excluding hydrogens is 242 g/mol. The highest BCUT2D eigenvalue weighted by atomic mass is 16.1. The smallest absolute Gasteiger partial charge is 0.270 e. The van der Waals surface area contributed by atoms with Crippen molar-refractivity contribution in [2.45, 2.75) is 20.3 Å². The molecule has 0 radical (unpaired) electrons. The lowest BCUT2D eigenvalue weighted by Crippen LogP contribution is -2.26. The largest absolute Gasteiger partial charge is 0.353 e. The molecule has 0 unspecified atom stereocenters. The number of hydrogen-bond acceptors (Lipinski definition) is 5. The van der Waals surface area contributed by atoms with Gasteiger partial charge in [-0.3, -0.25) is 4.79 Å². The highest BCUT2D eigenvalue weighted by Crippen LogP contribution is 2.04. The van der Waals surface area contributed by atoms with E-state index in [0.717, 1.165) is 25.2 Å². The number of aromatic nitrogens is 2. The molecule has 0 saturated carbocycles. The molecule has 0 atom stereocenters. The molecular formula is C13H23N5O. The van der Waals surface area contributed by atoms with Gasteiger partial charge in [0.15, 0.2) is 0 Å². The summed E-state index contributed by atoms with van der Waals surface area (Å²) < 4.78 is 0. The molecule has 0 aromatic carbocycles. The molecule has 106 valence electrons. The molecule has 0 spiro atoms. The van der Waals surface area contributed by atoms with Gasteiger partial charge >= 0.3 is 0 Å². The Balaban J connectivity index is 2.68. The Labute approximate surface area is 114 Å². The van der Waals surface area contributed by atoms with E-state index in [1.165, 1.54) is 0 Å². The minimum Gasteiger partial charge on any atom is -0.353 e. The van der Waals surface area contributed by atoms with E-state index in [1.807, 2.05) is 27.9 Å². The SMILES string of the molecule is CCCNC(=O)c1cc(C)nc(NCCN(C)C)n1. The predicted molar refractivity (Wildman–Crippen MR) is 76.4 cm³/mol. The zero-order valence-corrected chi connectivity index (χ0v) is 12.2. The van der Waals surface area contributed by atoms with E-state index >= 15 is 0 Å². The Kier molecular flexibility index (Phi) is 6.21. The molecule has 0 aliphatic rings. The number of likely N-dealkylation sites (N-methyl/N-ethyl adjacent to an activating group) is 1. The van der Waals surface area contributed by atoms with E-state index < -0.39 is 0 Å². The number of nitrogens with zero attached hydrogens (tertiary/aromatic N) is 3. The molecule has 1 rings (SSSR count). The van der Waals surface area contributed by atoms with Gasteiger partial charge in [0.25, 0.3) is 5.91 Å². The summed E-state index contributed by atoms with van der Waals surface area (Å²) in [5.74, 6) is 0.353. The lowest BCUT2D eigenvalue weighted by atomic mass is 10.3. The van der Waals surface area contributed by atoms with E-state index in [9.17, 15) is 4.79 Å². The van der Waals surface area contributed by atoms with E-state index in [2.05, 4.69) is 25.5 Å². The average molecular weight is 265 g/mol.